The molecule has 0 N–H and O–H groups in total. The molecular formula is C18H18O. The van der Waals surface area contributed by atoms with Gasteiger partial charge in [0.15, 0.2) is 5.78 Å². The molecule has 1 heteroatoms. The van der Waals surface area contributed by atoms with Gasteiger partial charge in [0.2, 0.25) is 0 Å². The number of carbonyl (C=O) groups is 1. The Hall–Kier alpha value is -1.89. The summed E-state index contributed by atoms with van der Waals surface area (Å²) >= 11 is 0. The summed E-state index contributed by atoms with van der Waals surface area (Å²) in [5, 5.41) is 0. The molecular weight excluding hydrogens is 232 g/mol. The molecule has 0 spiro atoms. The number of hydrogen-bond acceptors (Lipinski definition) is 1. The van der Waals surface area contributed by atoms with Gasteiger partial charge in [-0.3, -0.25) is 4.79 Å². The Morgan fingerprint density at radius 2 is 1.63 bits per heavy atom. The summed E-state index contributed by atoms with van der Waals surface area (Å²) in [7, 11) is 0. The highest BCUT2D eigenvalue weighted by Crippen LogP contribution is 2.51. The average Bonchev–Trinajstić information content (AvgIpc) is 3.29. The maximum absolute atomic E-state index is 12.8. The van der Waals surface area contributed by atoms with E-state index in [0.717, 1.165) is 24.8 Å². The Balaban J connectivity index is 2.02. The summed E-state index contributed by atoms with van der Waals surface area (Å²) < 4.78 is 0. The quantitative estimate of drug-likeness (QED) is 0.744. The van der Waals surface area contributed by atoms with E-state index in [4.69, 9.17) is 0 Å². The Bertz CT molecular complexity index is 594. The van der Waals surface area contributed by atoms with Gasteiger partial charge in [-0.15, -0.1) is 0 Å². The maximum atomic E-state index is 12.8. The third kappa shape index (κ3) is 1.99. The fourth-order valence-corrected chi connectivity index (χ4v) is 2.91. The number of aryl methyl sites for hydroxylation is 1. The second kappa shape index (κ2) is 4.65. The van der Waals surface area contributed by atoms with Crippen LogP contribution in [-0.2, 0) is 11.8 Å². The second-order valence-corrected chi connectivity index (χ2v) is 5.29. The van der Waals surface area contributed by atoms with Gasteiger partial charge in [-0.2, -0.15) is 0 Å². The van der Waals surface area contributed by atoms with Crippen LogP contribution in [0.3, 0.4) is 0 Å². The van der Waals surface area contributed by atoms with Crippen LogP contribution in [0.5, 0.6) is 0 Å². The highest BCUT2D eigenvalue weighted by Gasteiger charge is 2.51. The molecule has 0 saturated heterocycles. The van der Waals surface area contributed by atoms with Crippen molar-refractivity contribution >= 4 is 5.78 Å². The summed E-state index contributed by atoms with van der Waals surface area (Å²) in [6.45, 7) is 2.15. The van der Waals surface area contributed by atoms with E-state index in [0.29, 0.717) is 0 Å². The normalized spacial score (nSPS) is 16.1. The number of hydrogen-bond donors (Lipinski definition) is 0. The van der Waals surface area contributed by atoms with Crippen molar-refractivity contribution in [2.75, 3.05) is 0 Å². The molecule has 0 atom stereocenters. The summed E-state index contributed by atoms with van der Waals surface area (Å²) in [6, 6.07) is 18.1. The van der Waals surface area contributed by atoms with E-state index >= 15 is 0 Å². The zero-order valence-corrected chi connectivity index (χ0v) is 11.2. The lowest BCUT2D eigenvalue weighted by atomic mass is 9.84. The van der Waals surface area contributed by atoms with E-state index in [2.05, 4.69) is 25.1 Å². The van der Waals surface area contributed by atoms with Crippen LogP contribution in [0.2, 0.25) is 0 Å². The fraction of sp³-hybridized carbons (Fsp3) is 0.278. The molecule has 0 amide bonds. The summed E-state index contributed by atoms with van der Waals surface area (Å²) in [5.41, 5.74) is 3.15. The van der Waals surface area contributed by atoms with E-state index in [1.54, 1.807) is 0 Å². The summed E-state index contributed by atoms with van der Waals surface area (Å²) in [5.74, 6) is 0.286. The molecule has 1 saturated carbocycles. The standard InChI is InChI=1S/C18H18O/c1-2-14-8-6-7-11-16(14)18(12-13-18)17(19)15-9-4-3-5-10-15/h3-11H,2,12-13H2,1H3. The fourth-order valence-electron chi connectivity index (χ4n) is 2.91. The SMILES string of the molecule is CCc1ccccc1C1(C(=O)c2ccccc2)CC1. The van der Waals surface area contributed by atoms with Gasteiger partial charge in [-0.1, -0.05) is 61.5 Å². The molecule has 96 valence electrons. The van der Waals surface area contributed by atoms with Gasteiger partial charge in [0, 0.05) is 5.56 Å². The number of benzene rings is 2. The molecule has 3 rings (SSSR count). The third-order valence-corrected chi connectivity index (χ3v) is 4.13. The van der Waals surface area contributed by atoms with Gasteiger partial charge in [-0.05, 0) is 30.4 Å². The van der Waals surface area contributed by atoms with Gasteiger partial charge < -0.3 is 0 Å². The largest absolute Gasteiger partial charge is 0.293 e. The van der Waals surface area contributed by atoms with Crippen LogP contribution < -0.4 is 0 Å². The van der Waals surface area contributed by atoms with E-state index in [1.807, 2.05) is 36.4 Å². The van der Waals surface area contributed by atoms with E-state index < -0.39 is 0 Å². The predicted molar refractivity (Wildman–Crippen MR) is 77.5 cm³/mol. The third-order valence-electron chi connectivity index (χ3n) is 4.13. The van der Waals surface area contributed by atoms with Crippen molar-refractivity contribution in [2.45, 2.75) is 31.6 Å². The van der Waals surface area contributed by atoms with Crippen molar-refractivity contribution < 1.29 is 4.79 Å². The Morgan fingerprint density at radius 3 is 2.26 bits per heavy atom. The first-order chi connectivity index (χ1) is 9.28. The molecule has 19 heavy (non-hydrogen) atoms. The lowest BCUT2D eigenvalue weighted by Gasteiger charge is -2.18. The van der Waals surface area contributed by atoms with Crippen LogP contribution in [0, 0.1) is 0 Å². The molecule has 2 aromatic rings. The lowest BCUT2D eigenvalue weighted by molar-refractivity contribution is 0.0945. The van der Waals surface area contributed by atoms with Crippen molar-refractivity contribution in [3.8, 4) is 0 Å². The minimum absolute atomic E-state index is 0.242. The number of carbonyl (C=O) groups excluding carboxylic acids is 1. The first-order valence-corrected chi connectivity index (χ1v) is 6.96. The van der Waals surface area contributed by atoms with Gasteiger partial charge in [0.25, 0.3) is 0 Å². The molecule has 1 fully saturated rings. The van der Waals surface area contributed by atoms with E-state index in [1.165, 1.54) is 11.1 Å². The Morgan fingerprint density at radius 1 is 1.00 bits per heavy atom. The molecule has 0 aromatic heterocycles. The zero-order valence-electron chi connectivity index (χ0n) is 11.2. The molecule has 0 radical (unpaired) electrons. The van der Waals surface area contributed by atoms with Gasteiger partial charge >= 0.3 is 0 Å². The van der Waals surface area contributed by atoms with Crippen LogP contribution in [0.15, 0.2) is 54.6 Å². The number of rotatable bonds is 4. The molecule has 1 aliphatic rings. The first-order valence-electron chi connectivity index (χ1n) is 6.96. The minimum Gasteiger partial charge on any atom is -0.293 e. The van der Waals surface area contributed by atoms with Crippen LogP contribution in [0.1, 0.15) is 41.3 Å². The molecule has 2 aromatic carbocycles. The van der Waals surface area contributed by atoms with Crippen molar-refractivity contribution in [2.24, 2.45) is 0 Å². The molecule has 0 aliphatic heterocycles. The smallest absolute Gasteiger partial charge is 0.173 e. The molecule has 1 nitrogen and oxygen atoms in total. The van der Waals surface area contributed by atoms with Crippen molar-refractivity contribution in [3.05, 3.63) is 71.3 Å². The van der Waals surface area contributed by atoms with Crippen molar-refractivity contribution in [3.63, 3.8) is 0 Å². The summed E-state index contributed by atoms with van der Waals surface area (Å²) in [4.78, 5) is 12.8. The predicted octanol–water partition coefficient (Wildman–Crippen LogP) is 4.16. The highest BCUT2D eigenvalue weighted by atomic mass is 16.1. The van der Waals surface area contributed by atoms with Gasteiger partial charge in [0.1, 0.15) is 0 Å². The lowest BCUT2D eigenvalue weighted by Crippen LogP contribution is -2.22. The van der Waals surface area contributed by atoms with Crippen molar-refractivity contribution in [1.29, 1.82) is 0 Å². The van der Waals surface area contributed by atoms with Crippen LogP contribution >= 0.6 is 0 Å². The minimum atomic E-state index is -0.242. The second-order valence-electron chi connectivity index (χ2n) is 5.29. The number of Topliss-reactive ketones (excluding diaryl/α,β-unsaturated/α-hetero) is 1. The molecule has 0 bridgehead atoms. The first kappa shape index (κ1) is 12.2. The van der Waals surface area contributed by atoms with E-state index in [-0.39, 0.29) is 11.2 Å². The van der Waals surface area contributed by atoms with Gasteiger partial charge in [0.05, 0.1) is 5.41 Å². The monoisotopic (exact) mass is 250 g/mol. The van der Waals surface area contributed by atoms with Crippen LogP contribution in [0.4, 0.5) is 0 Å². The topological polar surface area (TPSA) is 17.1 Å². The van der Waals surface area contributed by atoms with Gasteiger partial charge in [-0.25, -0.2) is 0 Å². The average molecular weight is 250 g/mol. The highest BCUT2D eigenvalue weighted by molar-refractivity contribution is 6.06. The molecule has 0 unspecified atom stereocenters. The van der Waals surface area contributed by atoms with Crippen molar-refractivity contribution in [1.82, 2.24) is 0 Å². The molecule has 0 heterocycles. The summed E-state index contributed by atoms with van der Waals surface area (Å²) in [6.07, 6.45) is 2.95. The van der Waals surface area contributed by atoms with Crippen LogP contribution in [-0.4, -0.2) is 5.78 Å². The maximum Gasteiger partial charge on any atom is 0.173 e. The molecule has 1 aliphatic carbocycles. The van der Waals surface area contributed by atoms with Crippen LogP contribution in [0.25, 0.3) is 0 Å². The zero-order chi connectivity index (χ0) is 13.3. The Kier molecular flexibility index (Phi) is 2.98. The Labute approximate surface area is 114 Å². The van der Waals surface area contributed by atoms with E-state index in [9.17, 15) is 4.79 Å². The number of ketones is 1.